The molecule has 0 saturated heterocycles. The van der Waals surface area contributed by atoms with Gasteiger partial charge in [0, 0.05) is 34.7 Å². The smallest absolute Gasteiger partial charge is 0.0498 e. The molecule has 1 aromatic carbocycles. The van der Waals surface area contributed by atoms with Gasteiger partial charge in [0.2, 0.25) is 0 Å². The van der Waals surface area contributed by atoms with Crippen LogP contribution in [0.5, 0.6) is 0 Å². The monoisotopic (exact) mass is 292 g/mol. The van der Waals surface area contributed by atoms with E-state index >= 15 is 0 Å². The van der Waals surface area contributed by atoms with Gasteiger partial charge in [-0.2, -0.15) is 0 Å². The molecule has 3 heteroatoms. The first-order chi connectivity index (χ1) is 9.51. The Kier molecular flexibility index (Phi) is 5.11. The van der Waals surface area contributed by atoms with Gasteiger partial charge < -0.3 is 10.3 Å². The van der Waals surface area contributed by atoms with E-state index in [9.17, 15) is 0 Å². The summed E-state index contributed by atoms with van der Waals surface area (Å²) in [4.78, 5) is 0. The molecule has 1 aromatic heterocycles. The minimum absolute atomic E-state index is 0.231. The van der Waals surface area contributed by atoms with Crippen molar-refractivity contribution in [3.05, 3.63) is 35.0 Å². The highest BCUT2D eigenvalue weighted by Gasteiger charge is 2.11. The lowest BCUT2D eigenvalue weighted by atomic mass is 10.0. The van der Waals surface area contributed by atoms with Crippen molar-refractivity contribution in [3.8, 4) is 0 Å². The molecule has 0 aliphatic rings. The van der Waals surface area contributed by atoms with E-state index in [1.807, 2.05) is 6.07 Å². The second kappa shape index (κ2) is 6.64. The van der Waals surface area contributed by atoms with Gasteiger partial charge in [0.25, 0.3) is 0 Å². The topological polar surface area (TPSA) is 30.9 Å². The van der Waals surface area contributed by atoms with Crippen LogP contribution in [-0.4, -0.2) is 10.6 Å². The van der Waals surface area contributed by atoms with Crippen molar-refractivity contribution >= 4 is 22.5 Å². The van der Waals surface area contributed by atoms with Crippen molar-refractivity contribution in [1.29, 1.82) is 0 Å². The molecule has 2 N–H and O–H groups in total. The molecule has 2 nitrogen and oxygen atoms in total. The minimum Gasteiger partial charge on any atom is -0.347 e. The summed E-state index contributed by atoms with van der Waals surface area (Å²) in [6.45, 7) is 7.69. The normalized spacial score (nSPS) is 13.3. The quantitative estimate of drug-likeness (QED) is 0.827. The van der Waals surface area contributed by atoms with Gasteiger partial charge in [-0.05, 0) is 42.9 Å². The average Bonchev–Trinajstić information content (AvgIpc) is 2.73. The number of fused-ring (bicyclic) bond motifs is 1. The number of hydrogen-bond acceptors (Lipinski definition) is 1. The zero-order chi connectivity index (χ0) is 14.7. The lowest BCUT2D eigenvalue weighted by molar-refractivity contribution is 0.523. The van der Waals surface area contributed by atoms with E-state index in [2.05, 4.69) is 43.7 Å². The third-order valence-electron chi connectivity index (χ3n) is 3.88. The van der Waals surface area contributed by atoms with Gasteiger partial charge >= 0.3 is 0 Å². The summed E-state index contributed by atoms with van der Waals surface area (Å²) < 4.78 is 2.33. The van der Waals surface area contributed by atoms with E-state index in [0.29, 0.717) is 5.92 Å². The molecule has 0 radical (unpaired) electrons. The van der Waals surface area contributed by atoms with Crippen molar-refractivity contribution in [2.24, 2.45) is 11.7 Å². The van der Waals surface area contributed by atoms with Gasteiger partial charge in [-0.3, -0.25) is 0 Å². The van der Waals surface area contributed by atoms with Crippen LogP contribution in [0.3, 0.4) is 0 Å². The Bertz CT molecular complexity index is 572. The zero-order valence-corrected chi connectivity index (χ0v) is 13.5. The minimum atomic E-state index is 0.231. The maximum absolute atomic E-state index is 6.16. The molecule has 0 saturated carbocycles. The zero-order valence-electron chi connectivity index (χ0n) is 12.7. The number of halogens is 1. The Balaban J connectivity index is 2.37. The second-order valence-corrected chi connectivity index (χ2v) is 6.50. The van der Waals surface area contributed by atoms with Crippen molar-refractivity contribution in [1.82, 2.24) is 4.57 Å². The summed E-state index contributed by atoms with van der Waals surface area (Å²) in [5.41, 5.74) is 8.70. The van der Waals surface area contributed by atoms with E-state index < -0.39 is 0 Å². The Hall–Kier alpha value is -0.990. The van der Waals surface area contributed by atoms with E-state index in [1.165, 1.54) is 22.9 Å². The summed E-state index contributed by atoms with van der Waals surface area (Å²) in [6.07, 6.45) is 5.38. The third kappa shape index (κ3) is 3.56. The van der Waals surface area contributed by atoms with Gasteiger partial charge in [0.1, 0.15) is 0 Å². The maximum Gasteiger partial charge on any atom is 0.0498 e. The predicted molar refractivity (Wildman–Crippen MR) is 88.4 cm³/mol. The van der Waals surface area contributed by atoms with Gasteiger partial charge in [0.15, 0.2) is 0 Å². The van der Waals surface area contributed by atoms with Gasteiger partial charge in [0.05, 0.1) is 0 Å². The summed E-state index contributed by atoms with van der Waals surface area (Å²) in [6, 6.07) is 6.40. The molecule has 1 atom stereocenters. The van der Waals surface area contributed by atoms with Crippen molar-refractivity contribution in [2.75, 3.05) is 0 Å². The number of benzene rings is 1. The van der Waals surface area contributed by atoms with Crippen LogP contribution in [0.15, 0.2) is 24.4 Å². The molecule has 0 spiro atoms. The second-order valence-electron chi connectivity index (χ2n) is 6.06. The third-order valence-corrected chi connectivity index (χ3v) is 4.12. The molecular weight excluding hydrogens is 268 g/mol. The first-order valence-electron chi connectivity index (χ1n) is 7.54. The maximum atomic E-state index is 6.16. The summed E-state index contributed by atoms with van der Waals surface area (Å²) in [7, 11) is 0. The van der Waals surface area contributed by atoms with Gasteiger partial charge in [-0.15, -0.1) is 0 Å². The number of hydrogen-bond donors (Lipinski definition) is 1. The van der Waals surface area contributed by atoms with E-state index in [1.54, 1.807) is 0 Å². The molecule has 1 heterocycles. The van der Waals surface area contributed by atoms with Gasteiger partial charge in [-0.1, -0.05) is 38.4 Å². The molecule has 2 rings (SSSR count). The number of rotatable bonds is 6. The van der Waals surface area contributed by atoms with Crippen LogP contribution in [-0.2, 0) is 13.0 Å². The fourth-order valence-electron chi connectivity index (χ4n) is 2.51. The lowest BCUT2D eigenvalue weighted by Crippen LogP contribution is -2.21. The molecule has 1 unspecified atom stereocenters. The van der Waals surface area contributed by atoms with E-state index in [0.717, 1.165) is 24.4 Å². The Morgan fingerprint density at radius 1 is 1.30 bits per heavy atom. The molecule has 0 amide bonds. The molecular formula is C17H25ClN2. The average molecular weight is 293 g/mol. The Morgan fingerprint density at radius 3 is 2.70 bits per heavy atom. The number of nitrogens with zero attached hydrogens (tertiary/aromatic N) is 1. The van der Waals surface area contributed by atoms with Crippen molar-refractivity contribution in [3.63, 3.8) is 0 Å². The summed E-state index contributed by atoms with van der Waals surface area (Å²) in [5, 5.41) is 2.09. The van der Waals surface area contributed by atoms with Crippen LogP contribution in [0.4, 0.5) is 0 Å². The van der Waals surface area contributed by atoms with E-state index in [4.69, 9.17) is 17.3 Å². The lowest BCUT2D eigenvalue weighted by Gasteiger charge is -2.08. The first-order valence-corrected chi connectivity index (χ1v) is 7.92. The van der Waals surface area contributed by atoms with Crippen LogP contribution in [0.25, 0.3) is 10.9 Å². The Morgan fingerprint density at radius 2 is 2.05 bits per heavy atom. The molecule has 110 valence electrons. The van der Waals surface area contributed by atoms with E-state index in [-0.39, 0.29) is 6.04 Å². The fourth-order valence-corrected chi connectivity index (χ4v) is 2.68. The molecule has 0 aliphatic heterocycles. The van der Waals surface area contributed by atoms with Crippen molar-refractivity contribution < 1.29 is 0 Å². The molecule has 2 aromatic rings. The van der Waals surface area contributed by atoms with Crippen LogP contribution >= 0.6 is 11.6 Å². The number of nitrogens with two attached hydrogens (primary N) is 1. The first kappa shape index (κ1) is 15.4. The fraction of sp³-hybridized carbons (Fsp3) is 0.529. The largest absolute Gasteiger partial charge is 0.347 e. The summed E-state index contributed by atoms with van der Waals surface area (Å²) in [5.74, 6) is 0.702. The molecule has 20 heavy (non-hydrogen) atoms. The van der Waals surface area contributed by atoms with Crippen LogP contribution in [0.1, 0.15) is 39.2 Å². The summed E-state index contributed by atoms with van der Waals surface area (Å²) >= 11 is 6.16. The van der Waals surface area contributed by atoms with Crippen LogP contribution in [0, 0.1) is 5.92 Å². The van der Waals surface area contributed by atoms with Crippen molar-refractivity contribution in [2.45, 2.75) is 52.6 Å². The molecule has 0 bridgehead atoms. The van der Waals surface area contributed by atoms with Crippen LogP contribution < -0.4 is 5.73 Å². The standard InChI is InChI=1S/C17H25ClN2/c1-4-15(19)9-13-11-20(8-7-12(2)3)17-10-14(18)5-6-16(13)17/h5-6,10-12,15H,4,7-9,19H2,1-3H3. The highest BCUT2D eigenvalue weighted by Crippen LogP contribution is 2.26. The van der Waals surface area contributed by atoms with Gasteiger partial charge in [-0.25, -0.2) is 0 Å². The molecule has 0 fully saturated rings. The highest BCUT2D eigenvalue weighted by atomic mass is 35.5. The highest BCUT2D eigenvalue weighted by molar-refractivity contribution is 6.31. The molecule has 0 aliphatic carbocycles. The van der Waals surface area contributed by atoms with Crippen LogP contribution in [0.2, 0.25) is 5.02 Å². The predicted octanol–water partition coefficient (Wildman–Crippen LogP) is 4.62. The SMILES string of the molecule is CCC(N)Cc1cn(CCC(C)C)c2cc(Cl)ccc12. The Labute approximate surface area is 126 Å². The number of aromatic nitrogens is 1. The number of aryl methyl sites for hydroxylation is 1.